The van der Waals surface area contributed by atoms with Gasteiger partial charge in [0, 0.05) is 0 Å². The Morgan fingerprint density at radius 1 is 0.893 bits per heavy atom. The van der Waals surface area contributed by atoms with Crippen LogP contribution in [-0.4, -0.2) is 12.0 Å². The van der Waals surface area contributed by atoms with Gasteiger partial charge in [-0.15, -0.1) is 0 Å². The van der Waals surface area contributed by atoms with Crippen LogP contribution in [0.15, 0.2) is 60.7 Å². The van der Waals surface area contributed by atoms with Gasteiger partial charge in [-0.3, -0.25) is 4.79 Å². The molecule has 0 aliphatic rings. The monoisotopic (exact) mass is 375 g/mol. The fourth-order valence-electron chi connectivity index (χ4n) is 3.39. The lowest BCUT2D eigenvalue weighted by Crippen LogP contribution is -2.40. The van der Waals surface area contributed by atoms with E-state index < -0.39 is 6.10 Å². The summed E-state index contributed by atoms with van der Waals surface area (Å²) < 4.78 is 6.05. The standard InChI is InChI=1S/C25H29NO2/c1-5-23(21-12-11-17(3)18(4)15-21)26-25(27)24(6-2)28-22-14-13-19-9-7-8-10-20(19)16-22/h7-16,23-24H,5-6H2,1-4H3,(H,26,27)/t23-,24+/m0/s1. The fraction of sp³-hybridized carbons (Fsp3) is 0.320. The minimum absolute atomic E-state index is 0.0129. The van der Waals surface area contributed by atoms with E-state index in [1.807, 2.05) is 37.3 Å². The van der Waals surface area contributed by atoms with Crippen molar-refractivity contribution in [3.8, 4) is 5.75 Å². The summed E-state index contributed by atoms with van der Waals surface area (Å²) in [5.41, 5.74) is 3.64. The van der Waals surface area contributed by atoms with Crippen LogP contribution in [0.3, 0.4) is 0 Å². The van der Waals surface area contributed by atoms with Gasteiger partial charge in [-0.05, 0) is 66.3 Å². The van der Waals surface area contributed by atoms with E-state index in [-0.39, 0.29) is 11.9 Å². The topological polar surface area (TPSA) is 38.3 Å². The first-order chi connectivity index (χ1) is 13.5. The molecule has 28 heavy (non-hydrogen) atoms. The molecule has 0 unspecified atom stereocenters. The number of nitrogens with one attached hydrogen (secondary N) is 1. The highest BCUT2D eigenvalue weighted by atomic mass is 16.5. The molecule has 2 atom stereocenters. The third-order valence-electron chi connectivity index (χ3n) is 5.32. The summed E-state index contributed by atoms with van der Waals surface area (Å²) >= 11 is 0. The third kappa shape index (κ3) is 4.53. The van der Waals surface area contributed by atoms with E-state index in [4.69, 9.17) is 4.74 Å². The molecule has 3 aromatic carbocycles. The average Bonchev–Trinajstić information content (AvgIpc) is 2.72. The number of hydrogen-bond acceptors (Lipinski definition) is 2. The number of carbonyl (C=O) groups is 1. The summed E-state index contributed by atoms with van der Waals surface area (Å²) in [7, 11) is 0. The van der Waals surface area contributed by atoms with Crippen LogP contribution in [-0.2, 0) is 4.79 Å². The third-order valence-corrected chi connectivity index (χ3v) is 5.32. The van der Waals surface area contributed by atoms with Gasteiger partial charge >= 0.3 is 0 Å². The zero-order valence-electron chi connectivity index (χ0n) is 17.2. The molecule has 3 rings (SSSR count). The summed E-state index contributed by atoms with van der Waals surface area (Å²) in [5.74, 6) is 0.653. The summed E-state index contributed by atoms with van der Waals surface area (Å²) in [6.45, 7) is 8.27. The van der Waals surface area contributed by atoms with Crippen molar-refractivity contribution >= 4 is 16.7 Å². The van der Waals surface area contributed by atoms with Gasteiger partial charge in [-0.2, -0.15) is 0 Å². The molecular weight excluding hydrogens is 346 g/mol. The van der Waals surface area contributed by atoms with Crippen molar-refractivity contribution in [2.45, 2.75) is 52.7 Å². The molecule has 0 saturated carbocycles. The molecule has 0 aromatic heterocycles. The Hall–Kier alpha value is -2.81. The number of hydrogen-bond donors (Lipinski definition) is 1. The number of benzene rings is 3. The second kappa shape index (κ2) is 8.92. The predicted octanol–water partition coefficient (Wildman–Crippen LogP) is 5.88. The van der Waals surface area contributed by atoms with E-state index in [0.717, 1.165) is 28.5 Å². The molecule has 0 aliphatic heterocycles. The maximum Gasteiger partial charge on any atom is 0.261 e. The van der Waals surface area contributed by atoms with Gasteiger partial charge in [0.1, 0.15) is 5.75 Å². The normalized spacial score (nSPS) is 13.1. The number of fused-ring (bicyclic) bond motifs is 1. The minimum atomic E-state index is -0.512. The van der Waals surface area contributed by atoms with Crippen LogP contribution >= 0.6 is 0 Å². The van der Waals surface area contributed by atoms with Crippen LogP contribution in [0.2, 0.25) is 0 Å². The largest absolute Gasteiger partial charge is 0.481 e. The smallest absolute Gasteiger partial charge is 0.261 e. The average molecular weight is 376 g/mol. The zero-order chi connectivity index (χ0) is 20.1. The van der Waals surface area contributed by atoms with Gasteiger partial charge in [-0.1, -0.05) is 62.4 Å². The molecular formula is C25H29NO2. The molecule has 1 amide bonds. The second-order valence-corrected chi connectivity index (χ2v) is 7.34. The first-order valence-corrected chi connectivity index (χ1v) is 10.0. The molecule has 0 heterocycles. The summed E-state index contributed by atoms with van der Waals surface area (Å²) in [5, 5.41) is 5.44. The second-order valence-electron chi connectivity index (χ2n) is 7.34. The molecule has 0 aliphatic carbocycles. The van der Waals surface area contributed by atoms with Crippen LogP contribution in [0.25, 0.3) is 10.8 Å². The Bertz CT molecular complexity index is 964. The van der Waals surface area contributed by atoms with E-state index >= 15 is 0 Å². The van der Waals surface area contributed by atoms with E-state index in [9.17, 15) is 4.79 Å². The molecule has 3 heteroatoms. The maximum absolute atomic E-state index is 12.9. The van der Waals surface area contributed by atoms with Crippen LogP contribution in [0, 0.1) is 13.8 Å². The first kappa shape index (κ1) is 19.9. The summed E-state index contributed by atoms with van der Waals surface area (Å²) in [6, 6.07) is 20.5. The number of carbonyl (C=O) groups excluding carboxylic acids is 1. The van der Waals surface area contributed by atoms with Crippen LogP contribution in [0.5, 0.6) is 5.75 Å². The van der Waals surface area contributed by atoms with Crippen LogP contribution in [0.1, 0.15) is 49.4 Å². The van der Waals surface area contributed by atoms with E-state index in [1.54, 1.807) is 0 Å². The van der Waals surface area contributed by atoms with Crippen molar-refractivity contribution < 1.29 is 9.53 Å². The molecule has 0 saturated heterocycles. The Morgan fingerprint density at radius 3 is 2.32 bits per heavy atom. The molecule has 146 valence electrons. The number of ether oxygens (including phenoxy) is 1. The summed E-state index contributed by atoms with van der Waals surface area (Å²) in [4.78, 5) is 12.9. The molecule has 1 N–H and O–H groups in total. The van der Waals surface area contributed by atoms with E-state index in [1.165, 1.54) is 11.1 Å². The van der Waals surface area contributed by atoms with Gasteiger partial charge in [-0.25, -0.2) is 0 Å². The zero-order valence-corrected chi connectivity index (χ0v) is 17.2. The van der Waals surface area contributed by atoms with Crippen LogP contribution < -0.4 is 10.1 Å². The molecule has 0 radical (unpaired) electrons. The quantitative estimate of drug-likeness (QED) is 0.560. The molecule has 0 fully saturated rings. The van der Waals surface area contributed by atoms with Gasteiger partial charge in [0.25, 0.3) is 5.91 Å². The highest BCUT2D eigenvalue weighted by Crippen LogP contribution is 2.23. The predicted molar refractivity (Wildman–Crippen MR) is 116 cm³/mol. The van der Waals surface area contributed by atoms with Crippen molar-refractivity contribution in [3.05, 3.63) is 77.4 Å². The SMILES string of the molecule is CC[C@H](NC(=O)[C@@H](CC)Oc1ccc2ccccc2c1)c1ccc(C)c(C)c1. The lowest BCUT2D eigenvalue weighted by atomic mass is 9.99. The Morgan fingerprint density at radius 2 is 1.64 bits per heavy atom. The lowest BCUT2D eigenvalue weighted by Gasteiger charge is -2.23. The summed E-state index contributed by atoms with van der Waals surface area (Å²) in [6.07, 6.45) is 0.935. The van der Waals surface area contributed by atoms with Crippen molar-refractivity contribution in [2.75, 3.05) is 0 Å². The van der Waals surface area contributed by atoms with Crippen LogP contribution in [0.4, 0.5) is 0 Å². The van der Waals surface area contributed by atoms with E-state index in [0.29, 0.717) is 6.42 Å². The first-order valence-electron chi connectivity index (χ1n) is 10.0. The van der Waals surface area contributed by atoms with Crippen molar-refractivity contribution in [2.24, 2.45) is 0 Å². The Kier molecular flexibility index (Phi) is 6.35. The Balaban J connectivity index is 1.73. The molecule has 0 spiro atoms. The van der Waals surface area contributed by atoms with Crippen molar-refractivity contribution in [3.63, 3.8) is 0 Å². The molecule has 3 nitrogen and oxygen atoms in total. The Labute approximate surface area is 167 Å². The molecule has 3 aromatic rings. The van der Waals surface area contributed by atoms with Gasteiger partial charge < -0.3 is 10.1 Å². The molecule has 0 bridgehead atoms. The maximum atomic E-state index is 12.9. The highest BCUT2D eigenvalue weighted by molar-refractivity contribution is 5.84. The van der Waals surface area contributed by atoms with Gasteiger partial charge in [0.2, 0.25) is 0 Å². The number of aryl methyl sites for hydroxylation is 2. The van der Waals surface area contributed by atoms with Crippen molar-refractivity contribution in [1.29, 1.82) is 0 Å². The lowest BCUT2D eigenvalue weighted by molar-refractivity contribution is -0.128. The van der Waals surface area contributed by atoms with Crippen molar-refractivity contribution in [1.82, 2.24) is 5.32 Å². The van der Waals surface area contributed by atoms with Gasteiger partial charge in [0.15, 0.2) is 6.10 Å². The fourth-order valence-corrected chi connectivity index (χ4v) is 3.39. The highest BCUT2D eigenvalue weighted by Gasteiger charge is 2.22. The number of amides is 1. The minimum Gasteiger partial charge on any atom is -0.481 e. The van der Waals surface area contributed by atoms with Gasteiger partial charge in [0.05, 0.1) is 6.04 Å². The van der Waals surface area contributed by atoms with E-state index in [2.05, 4.69) is 56.4 Å². The number of rotatable bonds is 7.